The number of nitrogens with one attached hydrogen (secondary N) is 3. The summed E-state index contributed by atoms with van der Waals surface area (Å²) in [5, 5.41) is 25.8. The minimum atomic E-state index is -0.921. The number of para-hydroxylation sites is 1. The third-order valence-corrected chi connectivity index (χ3v) is 7.82. The maximum absolute atomic E-state index is 13.4. The van der Waals surface area contributed by atoms with Crippen LogP contribution in [0.2, 0.25) is 0 Å². The molecule has 1 saturated heterocycles. The molecule has 0 aromatic heterocycles. The number of ether oxygens (including phenoxy) is 2. The molecule has 2 aliphatic heterocycles. The number of carbonyl (C=O) groups is 2. The summed E-state index contributed by atoms with van der Waals surface area (Å²) < 4.78 is 11.3. The molecule has 0 spiro atoms. The Balaban J connectivity index is 1.50. The summed E-state index contributed by atoms with van der Waals surface area (Å²) in [5.41, 5.74) is -0.545. The molecule has 6 atom stereocenters. The van der Waals surface area contributed by atoms with Gasteiger partial charge in [0.2, 0.25) is 11.8 Å². The molecule has 1 aromatic rings. The summed E-state index contributed by atoms with van der Waals surface area (Å²) in [4.78, 5) is 28.0. The van der Waals surface area contributed by atoms with Gasteiger partial charge in [-0.25, -0.2) is 0 Å². The van der Waals surface area contributed by atoms with Crippen LogP contribution in [0.25, 0.3) is 0 Å². The van der Waals surface area contributed by atoms with E-state index in [0.29, 0.717) is 31.6 Å². The molecule has 1 aromatic carbocycles. The van der Waals surface area contributed by atoms with E-state index < -0.39 is 23.3 Å². The Morgan fingerprint density at radius 3 is 2.74 bits per heavy atom. The Hall–Kier alpha value is -2.65. The Morgan fingerprint density at radius 1 is 1.37 bits per heavy atom. The molecule has 0 bridgehead atoms. The van der Waals surface area contributed by atoms with Crippen LogP contribution in [0.15, 0.2) is 24.3 Å². The zero-order valence-electron chi connectivity index (χ0n) is 21.3. The molecule has 192 valence electrons. The van der Waals surface area contributed by atoms with Crippen molar-refractivity contribution in [3.05, 3.63) is 29.8 Å². The monoisotopic (exact) mass is 486 g/mol. The molecule has 9 heteroatoms. The average Bonchev–Trinajstić information content (AvgIpc) is 3.59. The van der Waals surface area contributed by atoms with Gasteiger partial charge in [-0.05, 0) is 52.0 Å². The van der Waals surface area contributed by atoms with E-state index in [4.69, 9.17) is 14.9 Å². The molecule has 0 radical (unpaired) electrons. The molecule has 35 heavy (non-hydrogen) atoms. The first-order chi connectivity index (χ1) is 16.5. The number of hydrogen-bond acceptors (Lipinski definition) is 6. The van der Waals surface area contributed by atoms with Gasteiger partial charge < -0.3 is 25.2 Å². The lowest BCUT2D eigenvalue weighted by molar-refractivity contribution is -0.134. The van der Waals surface area contributed by atoms with Crippen LogP contribution >= 0.6 is 0 Å². The lowest BCUT2D eigenvalue weighted by atomic mass is 9.86. The van der Waals surface area contributed by atoms with Crippen molar-refractivity contribution in [2.45, 2.75) is 82.7 Å². The number of amides is 2. The van der Waals surface area contributed by atoms with Gasteiger partial charge in [-0.1, -0.05) is 25.1 Å². The van der Waals surface area contributed by atoms with Crippen LogP contribution in [-0.2, 0) is 14.3 Å². The number of methoxy groups -OCH3 is 1. The minimum Gasteiger partial charge on any atom is -0.485 e. The van der Waals surface area contributed by atoms with Gasteiger partial charge in [0.1, 0.15) is 17.5 Å². The molecule has 1 unspecified atom stereocenters. The van der Waals surface area contributed by atoms with Gasteiger partial charge in [-0.3, -0.25) is 19.9 Å². The SMILES string of the molecule is CC[C@]1(C)CC(=O)N(C(CCOC)[C@@H]2C[C@H]2C(=O)N[C@@H]2c3ccccc3OC(C)(C)[C@H]2O)C(=N)N1. The standard InChI is InChI=1S/C26H38N4O5/c1-6-26(4)14-20(31)30(24(27)29-26)18(11-12-34-5)16-13-17(16)23(33)28-21-15-9-7-8-10-19(15)35-25(2,3)22(21)32/h7-10,16-18,21-22,32H,6,11-14H2,1-5H3,(H2,27,29)(H,28,33)/t16-,17-,18?,21-,22+,26-/m1/s1. The van der Waals surface area contributed by atoms with Gasteiger partial charge in [0.25, 0.3) is 0 Å². The fraction of sp³-hybridized carbons (Fsp3) is 0.654. The van der Waals surface area contributed by atoms with Crippen molar-refractivity contribution in [3.63, 3.8) is 0 Å². The van der Waals surface area contributed by atoms with Crippen molar-refractivity contribution in [1.29, 1.82) is 5.41 Å². The molecule has 2 heterocycles. The normalized spacial score (nSPS) is 32.2. The highest BCUT2D eigenvalue weighted by atomic mass is 16.5. The van der Waals surface area contributed by atoms with Gasteiger partial charge >= 0.3 is 0 Å². The van der Waals surface area contributed by atoms with Gasteiger partial charge in [0.05, 0.1) is 12.5 Å². The predicted octanol–water partition coefficient (Wildman–Crippen LogP) is 2.34. The van der Waals surface area contributed by atoms with Gasteiger partial charge in [-0.2, -0.15) is 0 Å². The third kappa shape index (κ3) is 4.89. The highest BCUT2D eigenvalue weighted by Crippen LogP contribution is 2.47. The van der Waals surface area contributed by atoms with E-state index in [0.717, 1.165) is 12.0 Å². The van der Waals surface area contributed by atoms with E-state index in [-0.39, 0.29) is 35.7 Å². The van der Waals surface area contributed by atoms with Crippen LogP contribution in [0.5, 0.6) is 5.75 Å². The lowest BCUT2D eigenvalue weighted by Gasteiger charge is -2.43. The van der Waals surface area contributed by atoms with Crippen molar-refractivity contribution in [3.8, 4) is 5.75 Å². The van der Waals surface area contributed by atoms with E-state index in [9.17, 15) is 14.7 Å². The Bertz CT molecular complexity index is 978. The van der Waals surface area contributed by atoms with Gasteiger partial charge in [0, 0.05) is 36.8 Å². The number of rotatable bonds is 8. The summed E-state index contributed by atoms with van der Waals surface area (Å²) in [7, 11) is 1.61. The molecular weight excluding hydrogens is 448 g/mol. The highest BCUT2D eigenvalue weighted by molar-refractivity contribution is 5.99. The molecule has 4 N–H and O–H groups in total. The molecule has 1 saturated carbocycles. The van der Waals surface area contributed by atoms with Crippen molar-refractivity contribution < 1.29 is 24.2 Å². The Kier molecular flexibility index (Phi) is 6.85. The maximum atomic E-state index is 13.4. The second kappa shape index (κ2) is 9.43. The number of carbonyl (C=O) groups excluding carboxylic acids is 2. The summed E-state index contributed by atoms with van der Waals surface area (Å²) in [6, 6.07) is 6.52. The van der Waals surface area contributed by atoms with Crippen LogP contribution in [0.3, 0.4) is 0 Å². The number of aliphatic hydroxyl groups excluding tert-OH is 1. The third-order valence-electron chi connectivity index (χ3n) is 7.82. The van der Waals surface area contributed by atoms with E-state index in [1.165, 1.54) is 4.90 Å². The molecule has 2 fully saturated rings. The minimum absolute atomic E-state index is 0.0810. The zero-order chi connectivity index (χ0) is 25.5. The molecule has 9 nitrogen and oxygen atoms in total. The Morgan fingerprint density at radius 2 is 2.09 bits per heavy atom. The number of hydrogen-bond donors (Lipinski definition) is 4. The highest BCUT2D eigenvalue weighted by Gasteiger charge is 2.54. The quantitative estimate of drug-likeness (QED) is 0.447. The molecule has 1 aliphatic carbocycles. The molecule has 3 aliphatic rings. The van der Waals surface area contributed by atoms with Crippen molar-refractivity contribution in [1.82, 2.24) is 15.5 Å². The second-order valence-electron chi connectivity index (χ2n) is 10.9. The van der Waals surface area contributed by atoms with Crippen LogP contribution in [0.4, 0.5) is 0 Å². The largest absolute Gasteiger partial charge is 0.485 e. The lowest BCUT2D eigenvalue weighted by Crippen LogP contribution is -2.63. The van der Waals surface area contributed by atoms with Crippen LogP contribution in [-0.4, -0.2) is 64.8 Å². The zero-order valence-corrected chi connectivity index (χ0v) is 21.3. The first-order valence-corrected chi connectivity index (χ1v) is 12.5. The van der Waals surface area contributed by atoms with E-state index in [1.807, 2.05) is 38.1 Å². The van der Waals surface area contributed by atoms with Crippen LogP contribution in [0.1, 0.15) is 65.0 Å². The van der Waals surface area contributed by atoms with E-state index >= 15 is 0 Å². The smallest absolute Gasteiger partial charge is 0.231 e. The van der Waals surface area contributed by atoms with Crippen molar-refractivity contribution in [2.75, 3.05) is 13.7 Å². The average molecular weight is 487 g/mol. The summed E-state index contributed by atoms with van der Waals surface area (Å²) >= 11 is 0. The second-order valence-corrected chi connectivity index (χ2v) is 10.9. The predicted molar refractivity (Wildman–Crippen MR) is 131 cm³/mol. The number of nitrogens with zero attached hydrogens (tertiary/aromatic N) is 1. The number of aliphatic hydroxyl groups is 1. The number of benzene rings is 1. The summed E-state index contributed by atoms with van der Waals surface area (Å²) in [6.45, 7) is 7.98. The fourth-order valence-corrected chi connectivity index (χ4v) is 5.38. The molecular formula is C26H38N4O5. The van der Waals surface area contributed by atoms with Crippen molar-refractivity contribution in [2.24, 2.45) is 11.8 Å². The first-order valence-electron chi connectivity index (χ1n) is 12.5. The van der Waals surface area contributed by atoms with Gasteiger partial charge in [0.15, 0.2) is 5.96 Å². The van der Waals surface area contributed by atoms with E-state index in [1.54, 1.807) is 21.0 Å². The number of guanidine groups is 1. The topological polar surface area (TPSA) is 124 Å². The first kappa shape index (κ1) is 25.4. The molecule has 4 rings (SSSR count). The number of fused-ring (bicyclic) bond motifs is 1. The van der Waals surface area contributed by atoms with Crippen LogP contribution in [0, 0.1) is 17.2 Å². The van der Waals surface area contributed by atoms with Gasteiger partial charge in [-0.15, -0.1) is 0 Å². The van der Waals surface area contributed by atoms with Crippen LogP contribution < -0.4 is 15.4 Å². The Labute approximate surface area is 207 Å². The molecule has 2 amide bonds. The summed E-state index contributed by atoms with van der Waals surface area (Å²) in [5.74, 6) is 0.103. The van der Waals surface area contributed by atoms with Crippen molar-refractivity contribution >= 4 is 17.8 Å². The maximum Gasteiger partial charge on any atom is 0.231 e. The van der Waals surface area contributed by atoms with E-state index in [2.05, 4.69) is 10.6 Å². The summed E-state index contributed by atoms with van der Waals surface area (Å²) in [6.07, 6.45) is 1.28. The fourth-order valence-electron chi connectivity index (χ4n) is 5.38.